The van der Waals surface area contributed by atoms with Gasteiger partial charge in [-0.15, -0.1) is 9.24 Å². The van der Waals surface area contributed by atoms with Gasteiger partial charge in [0, 0.05) is 17.3 Å². The molecule has 0 bridgehead atoms. The number of phenols is 1. The molecule has 6 heteroatoms. The highest BCUT2D eigenvalue weighted by molar-refractivity contribution is 7.28. The third kappa shape index (κ3) is 5.84. The number of aromatic hydroxyl groups is 1. The standard InChI is InChI=1S/C27H32BFNO2P/c1-26(2,3)17-11-16(25(31)18(12-17)27(4,5)6)15-30-21-9-7-8-10-22(21)32-23-13-19(28)24(33)14-20(23)29/h7-15,31H,28,33H2,1-6H3/b30-15+. The fraction of sp³-hybridized carbons (Fsp3) is 0.296. The first-order valence-corrected chi connectivity index (χ1v) is 11.6. The van der Waals surface area contributed by atoms with Crippen LogP contribution in [0.1, 0.15) is 58.2 Å². The van der Waals surface area contributed by atoms with E-state index in [1.54, 1.807) is 24.4 Å². The van der Waals surface area contributed by atoms with Gasteiger partial charge in [0.15, 0.2) is 17.3 Å². The molecule has 0 spiro atoms. The number of hydrogen-bond acceptors (Lipinski definition) is 3. The Morgan fingerprint density at radius 2 is 1.64 bits per heavy atom. The first-order chi connectivity index (χ1) is 15.3. The molecule has 0 aromatic heterocycles. The van der Waals surface area contributed by atoms with E-state index >= 15 is 0 Å². The quantitative estimate of drug-likeness (QED) is 0.319. The predicted octanol–water partition coefficient (Wildman–Crippen LogP) is 5.43. The first-order valence-electron chi connectivity index (χ1n) is 11.0. The smallest absolute Gasteiger partial charge is 0.166 e. The number of benzene rings is 3. The van der Waals surface area contributed by atoms with E-state index in [1.165, 1.54) is 6.07 Å². The molecule has 0 aliphatic carbocycles. The lowest BCUT2D eigenvalue weighted by Gasteiger charge is -2.27. The summed E-state index contributed by atoms with van der Waals surface area (Å²) in [5.41, 5.74) is 3.77. The summed E-state index contributed by atoms with van der Waals surface area (Å²) in [6.45, 7) is 12.7. The van der Waals surface area contributed by atoms with Crippen LogP contribution in [0.15, 0.2) is 53.5 Å². The zero-order chi connectivity index (χ0) is 24.6. The fourth-order valence-electron chi connectivity index (χ4n) is 3.42. The van der Waals surface area contributed by atoms with E-state index in [9.17, 15) is 9.50 Å². The lowest BCUT2D eigenvalue weighted by Crippen LogP contribution is -2.19. The zero-order valence-electron chi connectivity index (χ0n) is 20.5. The second-order valence-electron chi connectivity index (χ2n) is 10.4. The van der Waals surface area contributed by atoms with Crippen LogP contribution in [0.3, 0.4) is 0 Å². The number of nitrogens with zero attached hydrogens (tertiary/aromatic N) is 1. The zero-order valence-corrected chi connectivity index (χ0v) is 21.6. The molecule has 1 N–H and O–H groups in total. The molecule has 0 heterocycles. The van der Waals surface area contributed by atoms with Gasteiger partial charge in [-0.2, -0.15) is 0 Å². The molecule has 3 nitrogen and oxygen atoms in total. The molecule has 33 heavy (non-hydrogen) atoms. The summed E-state index contributed by atoms with van der Waals surface area (Å²) in [7, 11) is 4.42. The predicted molar refractivity (Wildman–Crippen MR) is 143 cm³/mol. The molecule has 0 fully saturated rings. The van der Waals surface area contributed by atoms with Crippen molar-refractivity contribution in [3.8, 4) is 17.2 Å². The van der Waals surface area contributed by atoms with Gasteiger partial charge in [0.25, 0.3) is 0 Å². The Morgan fingerprint density at radius 3 is 2.27 bits per heavy atom. The Bertz CT molecular complexity index is 1210. The number of phenolic OH excluding ortho intramolecular Hbond substituents is 1. The Morgan fingerprint density at radius 1 is 0.970 bits per heavy atom. The van der Waals surface area contributed by atoms with Gasteiger partial charge in [-0.05, 0) is 52.0 Å². The minimum absolute atomic E-state index is 0.0869. The van der Waals surface area contributed by atoms with Crippen molar-refractivity contribution in [1.82, 2.24) is 0 Å². The van der Waals surface area contributed by atoms with Gasteiger partial charge in [0.1, 0.15) is 19.3 Å². The van der Waals surface area contributed by atoms with Crippen LogP contribution in [-0.2, 0) is 10.8 Å². The van der Waals surface area contributed by atoms with E-state index in [0.717, 1.165) is 21.9 Å². The van der Waals surface area contributed by atoms with Crippen LogP contribution in [0.25, 0.3) is 0 Å². The van der Waals surface area contributed by atoms with Crippen molar-refractivity contribution < 1.29 is 14.2 Å². The van der Waals surface area contributed by atoms with Crippen LogP contribution in [-0.4, -0.2) is 19.2 Å². The molecule has 0 saturated heterocycles. The highest BCUT2D eigenvalue weighted by atomic mass is 31.0. The van der Waals surface area contributed by atoms with E-state index < -0.39 is 5.82 Å². The molecular formula is C27H32BFNO2P. The Labute approximate surface area is 199 Å². The van der Waals surface area contributed by atoms with Crippen LogP contribution >= 0.6 is 9.24 Å². The topological polar surface area (TPSA) is 41.8 Å². The summed E-state index contributed by atoms with van der Waals surface area (Å²) in [4.78, 5) is 4.61. The monoisotopic (exact) mass is 463 g/mol. The molecule has 172 valence electrons. The van der Waals surface area contributed by atoms with Crippen molar-refractivity contribution in [3.05, 3.63) is 71.0 Å². The maximum Gasteiger partial charge on any atom is 0.166 e. The highest BCUT2D eigenvalue weighted by Crippen LogP contribution is 2.38. The van der Waals surface area contributed by atoms with Crippen LogP contribution in [0.5, 0.6) is 17.2 Å². The van der Waals surface area contributed by atoms with Crippen molar-refractivity contribution >= 4 is 39.8 Å². The summed E-state index contributed by atoms with van der Waals surface area (Å²) in [5.74, 6) is 0.366. The lowest BCUT2D eigenvalue weighted by atomic mass is 9.79. The number of ether oxygens (including phenoxy) is 1. The van der Waals surface area contributed by atoms with Gasteiger partial charge in [-0.3, -0.25) is 4.99 Å². The number of hydrogen-bond donors (Lipinski definition) is 1. The van der Waals surface area contributed by atoms with Gasteiger partial charge in [0.05, 0.1) is 0 Å². The van der Waals surface area contributed by atoms with E-state index in [-0.39, 0.29) is 22.3 Å². The molecule has 0 amide bonds. The molecule has 0 aliphatic rings. The van der Waals surface area contributed by atoms with Crippen molar-refractivity contribution in [2.24, 2.45) is 4.99 Å². The number of para-hydroxylation sites is 2. The lowest BCUT2D eigenvalue weighted by molar-refractivity contribution is 0.443. The number of halogens is 1. The maximum atomic E-state index is 14.5. The Kier molecular flexibility index (Phi) is 7.05. The summed E-state index contributed by atoms with van der Waals surface area (Å²) in [6.07, 6.45) is 1.65. The molecular weight excluding hydrogens is 431 g/mol. The molecule has 3 rings (SSSR count). The molecule has 3 aromatic rings. The minimum Gasteiger partial charge on any atom is -0.507 e. The SMILES string of the molecule is Bc1cc(Oc2ccccc2/N=C/c2cc(C(C)(C)C)cc(C(C)(C)C)c2O)c(F)cc1P. The molecule has 3 aromatic carbocycles. The van der Waals surface area contributed by atoms with E-state index in [2.05, 4.69) is 61.8 Å². The average molecular weight is 463 g/mol. The van der Waals surface area contributed by atoms with Crippen molar-refractivity contribution in [2.75, 3.05) is 0 Å². The molecule has 0 aliphatic heterocycles. The molecule has 0 radical (unpaired) electrons. The van der Waals surface area contributed by atoms with Gasteiger partial charge < -0.3 is 9.84 Å². The second kappa shape index (κ2) is 9.31. The largest absolute Gasteiger partial charge is 0.507 e. The van der Waals surface area contributed by atoms with E-state index in [0.29, 0.717) is 17.0 Å². The van der Waals surface area contributed by atoms with Crippen molar-refractivity contribution in [3.63, 3.8) is 0 Å². The Balaban J connectivity index is 2.04. The Hall–Kier alpha value is -2.65. The molecule has 1 unspecified atom stereocenters. The molecule has 1 atom stereocenters. The summed E-state index contributed by atoms with van der Waals surface area (Å²) in [5, 5.41) is 11.8. The average Bonchev–Trinajstić information content (AvgIpc) is 2.70. The normalized spacial score (nSPS) is 12.4. The van der Waals surface area contributed by atoms with E-state index in [4.69, 9.17) is 4.74 Å². The third-order valence-corrected chi connectivity index (χ3v) is 6.18. The van der Waals surface area contributed by atoms with Gasteiger partial charge in [-0.25, -0.2) is 4.39 Å². The summed E-state index contributed by atoms with van der Waals surface area (Å²) in [6, 6.07) is 14.4. The summed E-state index contributed by atoms with van der Waals surface area (Å²) >= 11 is 0. The number of rotatable bonds is 4. The van der Waals surface area contributed by atoms with E-state index in [1.807, 2.05) is 26.0 Å². The van der Waals surface area contributed by atoms with Crippen molar-refractivity contribution in [2.45, 2.75) is 52.4 Å². The fourth-order valence-corrected chi connectivity index (χ4v) is 3.65. The maximum absolute atomic E-state index is 14.5. The van der Waals surface area contributed by atoms with Crippen LogP contribution < -0.4 is 15.5 Å². The highest BCUT2D eigenvalue weighted by Gasteiger charge is 2.24. The summed E-state index contributed by atoms with van der Waals surface area (Å²) < 4.78 is 20.3. The number of aliphatic imine (C=N–C) groups is 1. The minimum atomic E-state index is -0.435. The first kappa shape index (κ1) is 25.0. The van der Waals surface area contributed by atoms with Crippen LogP contribution in [0, 0.1) is 5.82 Å². The van der Waals surface area contributed by atoms with Crippen LogP contribution in [0.2, 0.25) is 0 Å². The van der Waals surface area contributed by atoms with Crippen LogP contribution in [0.4, 0.5) is 10.1 Å². The third-order valence-electron chi connectivity index (χ3n) is 5.56. The van der Waals surface area contributed by atoms with Gasteiger partial charge >= 0.3 is 0 Å². The second-order valence-corrected chi connectivity index (χ2v) is 11.1. The van der Waals surface area contributed by atoms with Gasteiger partial charge in [0.2, 0.25) is 0 Å². The van der Waals surface area contributed by atoms with Gasteiger partial charge in [-0.1, -0.05) is 65.2 Å². The molecule has 0 saturated carbocycles. The van der Waals surface area contributed by atoms with Crippen molar-refractivity contribution in [1.29, 1.82) is 0 Å².